The SMILES string of the molecule is CC[n+]1c(C(C)=O)sc(C)c1C. The fraction of sp³-hybridized carbons (Fsp3) is 0.556. The number of aryl methyl sites for hydroxylation is 1. The minimum absolute atomic E-state index is 0.165. The van der Waals surface area contributed by atoms with Crippen LogP contribution in [0.25, 0.3) is 0 Å². The Morgan fingerprint density at radius 2 is 2.08 bits per heavy atom. The summed E-state index contributed by atoms with van der Waals surface area (Å²) >= 11 is 1.59. The van der Waals surface area contributed by atoms with Gasteiger partial charge in [0.05, 0.1) is 4.88 Å². The monoisotopic (exact) mass is 184 g/mol. The van der Waals surface area contributed by atoms with Crippen molar-refractivity contribution in [3.05, 3.63) is 15.6 Å². The summed E-state index contributed by atoms with van der Waals surface area (Å²) in [5, 5.41) is 0.868. The molecule has 1 rings (SSSR count). The van der Waals surface area contributed by atoms with Gasteiger partial charge in [0.15, 0.2) is 5.69 Å². The maximum Gasteiger partial charge on any atom is 0.305 e. The van der Waals surface area contributed by atoms with Crippen LogP contribution in [0.1, 0.15) is 34.2 Å². The van der Waals surface area contributed by atoms with Crippen LogP contribution >= 0.6 is 11.3 Å². The van der Waals surface area contributed by atoms with Gasteiger partial charge in [-0.2, -0.15) is 4.57 Å². The van der Waals surface area contributed by atoms with E-state index in [0.717, 1.165) is 11.6 Å². The molecule has 3 heteroatoms. The molecular weight excluding hydrogens is 170 g/mol. The molecule has 0 aliphatic carbocycles. The number of rotatable bonds is 2. The number of carbonyl (C=O) groups is 1. The van der Waals surface area contributed by atoms with E-state index in [1.807, 2.05) is 0 Å². The fourth-order valence-electron chi connectivity index (χ4n) is 1.26. The molecule has 0 aliphatic rings. The van der Waals surface area contributed by atoms with Gasteiger partial charge < -0.3 is 0 Å². The quantitative estimate of drug-likeness (QED) is 0.508. The second-order valence-corrected chi connectivity index (χ2v) is 4.05. The van der Waals surface area contributed by atoms with Gasteiger partial charge in [-0.3, -0.25) is 4.79 Å². The highest BCUT2D eigenvalue weighted by molar-refractivity contribution is 7.13. The molecular formula is C9H14NOS+. The van der Waals surface area contributed by atoms with E-state index >= 15 is 0 Å². The van der Waals surface area contributed by atoms with E-state index in [2.05, 4.69) is 25.3 Å². The summed E-state index contributed by atoms with van der Waals surface area (Å²) in [5.74, 6) is 0.165. The Bertz CT molecular complexity index is 315. The maximum atomic E-state index is 11.2. The highest BCUT2D eigenvalue weighted by Crippen LogP contribution is 2.14. The average Bonchev–Trinajstić information content (AvgIpc) is 2.29. The van der Waals surface area contributed by atoms with Crippen molar-refractivity contribution in [1.82, 2.24) is 0 Å². The molecule has 12 heavy (non-hydrogen) atoms. The Hall–Kier alpha value is -0.700. The van der Waals surface area contributed by atoms with Crippen LogP contribution in [0.5, 0.6) is 0 Å². The summed E-state index contributed by atoms with van der Waals surface area (Å²) in [7, 11) is 0. The van der Waals surface area contributed by atoms with Crippen LogP contribution in [0, 0.1) is 13.8 Å². The molecule has 1 aromatic rings. The number of thiazole rings is 1. The first kappa shape index (κ1) is 9.39. The zero-order chi connectivity index (χ0) is 9.30. The van der Waals surface area contributed by atoms with Gasteiger partial charge >= 0.3 is 5.01 Å². The molecule has 0 aliphatic heterocycles. The predicted octanol–water partition coefficient (Wildman–Crippen LogP) is 1.87. The number of Topliss-reactive ketones (excluding diaryl/α,β-unsaturated/α-hetero) is 1. The fourth-order valence-corrected chi connectivity index (χ4v) is 2.33. The smallest absolute Gasteiger partial charge is 0.287 e. The minimum Gasteiger partial charge on any atom is -0.287 e. The molecule has 66 valence electrons. The Balaban J connectivity index is 3.29. The van der Waals surface area contributed by atoms with Crippen molar-refractivity contribution in [3.8, 4) is 0 Å². The number of ketones is 1. The molecule has 0 amide bonds. The Morgan fingerprint density at radius 3 is 2.42 bits per heavy atom. The van der Waals surface area contributed by atoms with Crippen LogP contribution in [0.3, 0.4) is 0 Å². The van der Waals surface area contributed by atoms with Gasteiger partial charge in [0, 0.05) is 13.8 Å². The second-order valence-electron chi connectivity index (χ2n) is 2.85. The summed E-state index contributed by atoms with van der Waals surface area (Å²) in [6, 6.07) is 0. The van der Waals surface area contributed by atoms with Crippen molar-refractivity contribution in [2.75, 3.05) is 0 Å². The number of nitrogens with zero attached hydrogens (tertiary/aromatic N) is 1. The van der Waals surface area contributed by atoms with E-state index in [1.165, 1.54) is 10.6 Å². The molecule has 0 aromatic carbocycles. The first-order chi connectivity index (χ1) is 5.57. The molecule has 0 radical (unpaired) electrons. The zero-order valence-electron chi connectivity index (χ0n) is 7.97. The Kier molecular flexibility index (Phi) is 2.62. The first-order valence-corrected chi connectivity index (χ1v) is 4.90. The van der Waals surface area contributed by atoms with E-state index in [9.17, 15) is 4.79 Å². The molecule has 0 saturated heterocycles. The average molecular weight is 184 g/mol. The van der Waals surface area contributed by atoms with Crippen molar-refractivity contribution in [1.29, 1.82) is 0 Å². The van der Waals surface area contributed by atoms with Gasteiger partial charge in [-0.25, -0.2) is 0 Å². The van der Waals surface area contributed by atoms with Crippen molar-refractivity contribution in [2.45, 2.75) is 34.2 Å². The van der Waals surface area contributed by atoms with Crippen LogP contribution in [0.15, 0.2) is 0 Å². The summed E-state index contributed by atoms with van der Waals surface area (Å²) in [5.41, 5.74) is 1.22. The highest BCUT2D eigenvalue weighted by Gasteiger charge is 2.22. The third-order valence-corrected chi connectivity index (χ3v) is 3.33. The van der Waals surface area contributed by atoms with Crippen molar-refractivity contribution >= 4 is 17.1 Å². The van der Waals surface area contributed by atoms with Crippen LogP contribution in [-0.2, 0) is 6.54 Å². The van der Waals surface area contributed by atoms with Crippen LogP contribution < -0.4 is 4.57 Å². The maximum absolute atomic E-state index is 11.2. The molecule has 0 N–H and O–H groups in total. The topological polar surface area (TPSA) is 20.9 Å². The van der Waals surface area contributed by atoms with Gasteiger partial charge in [-0.05, 0) is 13.8 Å². The molecule has 1 heterocycles. The Morgan fingerprint density at radius 1 is 1.50 bits per heavy atom. The zero-order valence-corrected chi connectivity index (χ0v) is 8.79. The van der Waals surface area contributed by atoms with Gasteiger partial charge in [0.1, 0.15) is 6.54 Å². The molecule has 0 fully saturated rings. The summed E-state index contributed by atoms with van der Waals surface area (Å²) in [6.45, 7) is 8.67. The molecule has 0 bridgehead atoms. The largest absolute Gasteiger partial charge is 0.305 e. The van der Waals surface area contributed by atoms with Gasteiger partial charge in [-0.1, -0.05) is 11.3 Å². The summed E-state index contributed by atoms with van der Waals surface area (Å²) in [6.07, 6.45) is 0. The normalized spacial score (nSPS) is 10.3. The highest BCUT2D eigenvalue weighted by atomic mass is 32.1. The number of hydrogen-bond donors (Lipinski definition) is 0. The molecule has 0 saturated carbocycles. The van der Waals surface area contributed by atoms with E-state index in [1.54, 1.807) is 18.3 Å². The van der Waals surface area contributed by atoms with E-state index in [0.29, 0.717) is 0 Å². The predicted molar refractivity (Wildman–Crippen MR) is 49.7 cm³/mol. The van der Waals surface area contributed by atoms with Crippen molar-refractivity contribution < 1.29 is 9.36 Å². The van der Waals surface area contributed by atoms with Gasteiger partial charge in [0.2, 0.25) is 5.78 Å². The molecule has 0 spiro atoms. The lowest BCUT2D eigenvalue weighted by Crippen LogP contribution is -2.38. The number of carbonyl (C=O) groups excluding carboxylic acids is 1. The van der Waals surface area contributed by atoms with Crippen LogP contribution in [0.4, 0.5) is 0 Å². The standard InChI is InChI=1S/C9H14NOS/c1-5-10-6(2)8(4)12-9(10)7(3)11/h5H2,1-4H3/q+1. The number of hydrogen-bond acceptors (Lipinski definition) is 2. The summed E-state index contributed by atoms with van der Waals surface area (Å²) < 4.78 is 2.07. The lowest BCUT2D eigenvalue weighted by molar-refractivity contribution is -0.696. The van der Waals surface area contributed by atoms with E-state index in [-0.39, 0.29) is 5.78 Å². The molecule has 1 aromatic heterocycles. The van der Waals surface area contributed by atoms with Crippen LogP contribution in [0.2, 0.25) is 0 Å². The Labute approximate surface area is 76.9 Å². The third kappa shape index (κ3) is 1.41. The number of aromatic nitrogens is 1. The van der Waals surface area contributed by atoms with Gasteiger partial charge in [0.25, 0.3) is 0 Å². The molecule has 0 atom stereocenters. The van der Waals surface area contributed by atoms with Crippen molar-refractivity contribution in [3.63, 3.8) is 0 Å². The summed E-state index contributed by atoms with van der Waals surface area (Å²) in [4.78, 5) is 12.4. The molecule has 2 nitrogen and oxygen atoms in total. The second kappa shape index (κ2) is 3.35. The first-order valence-electron chi connectivity index (χ1n) is 4.08. The van der Waals surface area contributed by atoms with E-state index in [4.69, 9.17) is 0 Å². The van der Waals surface area contributed by atoms with Gasteiger partial charge in [-0.15, -0.1) is 0 Å². The van der Waals surface area contributed by atoms with E-state index < -0.39 is 0 Å². The lowest BCUT2D eigenvalue weighted by Gasteiger charge is -1.91. The van der Waals surface area contributed by atoms with Crippen LogP contribution in [-0.4, -0.2) is 5.78 Å². The lowest BCUT2D eigenvalue weighted by atomic mass is 10.4. The van der Waals surface area contributed by atoms with Crippen molar-refractivity contribution in [2.24, 2.45) is 0 Å². The minimum atomic E-state index is 0.165. The molecule has 0 unspecified atom stereocenters. The third-order valence-electron chi connectivity index (χ3n) is 2.03.